The van der Waals surface area contributed by atoms with Crippen LogP contribution in [-0.2, 0) is 21.4 Å². The first kappa shape index (κ1) is 17.9. The molecule has 0 bridgehead atoms. The molecule has 3 rings (SSSR count). The number of nitrogens with one attached hydrogen (secondary N) is 2. The molecule has 0 aromatic heterocycles. The Labute approximate surface area is 151 Å². The Kier molecular flexibility index (Phi) is 5.20. The van der Waals surface area contributed by atoms with Gasteiger partial charge in [-0.2, -0.15) is 0 Å². The minimum Gasteiger partial charge on any atom is -0.480 e. The molecule has 0 aliphatic carbocycles. The van der Waals surface area contributed by atoms with Gasteiger partial charge in [-0.05, 0) is 40.6 Å². The zero-order valence-electron chi connectivity index (χ0n) is 13.8. The summed E-state index contributed by atoms with van der Waals surface area (Å²) >= 11 is 0. The van der Waals surface area contributed by atoms with Gasteiger partial charge in [-0.1, -0.05) is 42.5 Å². The van der Waals surface area contributed by atoms with E-state index in [1.807, 2.05) is 24.3 Å². The van der Waals surface area contributed by atoms with E-state index >= 15 is 0 Å². The van der Waals surface area contributed by atoms with Gasteiger partial charge in [0.2, 0.25) is 0 Å². The molecule has 0 aliphatic rings. The molecule has 0 radical (unpaired) electrons. The number of aliphatic carboxylic acids is 1. The van der Waals surface area contributed by atoms with Gasteiger partial charge in [-0.25, -0.2) is 8.42 Å². The highest BCUT2D eigenvalue weighted by molar-refractivity contribution is 7.92. The lowest BCUT2D eigenvalue weighted by atomic mass is 10.0. The normalized spacial score (nSPS) is 11.4. The van der Waals surface area contributed by atoms with Crippen LogP contribution in [0.15, 0.2) is 71.6 Å². The first-order chi connectivity index (χ1) is 12.5. The molecule has 0 saturated heterocycles. The fourth-order valence-electron chi connectivity index (χ4n) is 2.69. The lowest BCUT2D eigenvalue weighted by molar-refractivity contribution is -0.135. The smallest absolute Gasteiger partial charge is 0.317 e. The highest BCUT2D eigenvalue weighted by Gasteiger charge is 2.13. The Balaban J connectivity index is 1.85. The van der Waals surface area contributed by atoms with Crippen LogP contribution in [0.1, 0.15) is 5.56 Å². The molecule has 7 heteroatoms. The van der Waals surface area contributed by atoms with Crippen LogP contribution in [-0.4, -0.2) is 26.0 Å². The van der Waals surface area contributed by atoms with Gasteiger partial charge >= 0.3 is 5.97 Å². The fraction of sp³-hybridized carbons (Fsp3) is 0.105. The molecule has 3 aromatic carbocycles. The number of carbonyl (C=O) groups is 1. The zero-order valence-corrected chi connectivity index (χ0v) is 14.7. The minimum atomic E-state index is -3.64. The van der Waals surface area contributed by atoms with Crippen molar-refractivity contribution >= 4 is 32.5 Å². The van der Waals surface area contributed by atoms with Crippen molar-refractivity contribution in [2.75, 3.05) is 11.3 Å². The van der Waals surface area contributed by atoms with Crippen molar-refractivity contribution in [3.63, 3.8) is 0 Å². The summed E-state index contributed by atoms with van der Waals surface area (Å²) in [7, 11) is -3.64. The van der Waals surface area contributed by atoms with Gasteiger partial charge in [0.05, 0.1) is 11.4 Å². The monoisotopic (exact) mass is 370 g/mol. The molecule has 0 heterocycles. The number of fused-ring (bicyclic) bond motifs is 1. The van der Waals surface area contributed by atoms with E-state index < -0.39 is 16.0 Å². The minimum absolute atomic E-state index is 0.120. The third kappa shape index (κ3) is 4.19. The largest absolute Gasteiger partial charge is 0.480 e. The van der Waals surface area contributed by atoms with Crippen LogP contribution in [0.25, 0.3) is 10.8 Å². The molecular weight excluding hydrogens is 352 g/mol. The third-order valence-corrected chi connectivity index (χ3v) is 5.27. The van der Waals surface area contributed by atoms with Gasteiger partial charge in [-0.3, -0.25) is 9.52 Å². The molecule has 0 atom stereocenters. The van der Waals surface area contributed by atoms with Crippen molar-refractivity contribution in [3.05, 3.63) is 72.3 Å². The van der Waals surface area contributed by atoms with Crippen LogP contribution in [0.4, 0.5) is 5.69 Å². The van der Waals surface area contributed by atoms with Crippen molar-refractivity contribution in [2.45, 2.75) is 11.4 Å². The van der Waals surface area contributed by atoms with E-state index in [0.29, 0.717) is 12.2 Å². The molecule has 0 spiro atoms. The maximum absolute atomic E-state index is 12.4. The second kappa shape index (κ2) is 7.55. The van der Waals surface area contributed by atoms with Crippen LogP contribution < -0.4 is 10.0 Å². The summed E-state index contributed by atoms with van der Waals surface area (Å²) in [4.78, 5) is 10.8. The predicted octanol–water partition coefficient (Wildman–Crippen LogP) is 2.81. The van der Waals surface area contributed by atoms with Crippen LogP contribution in [0.2, 0.25) is 0 Å². The molecular formula is C19H18N2O4S. The predicted molar refractivity (Wildman–Crippen MR) is 101 cm³/mol. The van der Waals surface area contributed by atoms with Crippen molar-refractivity contribution < 1.29 is 18.3 Å². The average Bonchev–Trinajstić information content (AvgIpc) is 2.62. The Bertz CT molecular complexity index is 1030. The van der Waals surface area contributed by atoms with Gasteiger partial charge in [0, 0.05) is 12.2 Å². The molecule has 0 amide bonds. The van der Waals surface area contributed by atoms with E-state index in [2.05, 4.69) is 10.0 Å². The second-order valence-corrected chi connectivity index (χ2v) is 7.45. The molecule has 3 N–H and O–H groups in total. The number of carboxylic acid groups (broad SMARTS) is 1. The second-order valence-electron chi connectivity index (χ2n) is 5.77. The fourth-order valence-corrected chi connectivity index (χ4v) is 3.76. The highest BCUT2D eigenvalue weighted by Crippen LogP contribution is 2.24. The van der Waals surface area contributed by atoms with Crippen LogP contribution in [0.5, 0.6) is 0 Å². The Morgan fingerprint density at radius 2 is 1.73 bits per heavy atom. The summed E-state index contributed by atoms with van der Waals surface area (Å²) in [5, 5.41) is 13.4. The quantitative estimate of drug-likeness (QED) is 0.594. The number of hydrogen-bond acceptors (Lipinski definition) is 4. The molecule has 134 valence electrons. The zero-order chi connectivity index (χ0) is 18.6. The number of rotatable bonds is 7. The number of hydrogen-bond donors (Lipinski definition) is 3. The summed E-state index contributed by atoms with van der Waals surface area (Å²) < 4.78 is 27.4. The number of sulfonamides is 1. The van der Waals surface area contributed by atoms with E-state index in [1.54, 1.807) is 30.3 Å². The van der Waals surface area contributed by atoms with Gasteiger partial charge in [0.1, 0.15) is 0 Å². The van der Waals surface area contributed by atoms with Crippen molar-refractivity contribution in [1.82, 2.24) is 5.32 Å². The Morgan fingerprint density at radius 1 is 0.962 bits per heavy atom. The first-order valence-electron chi connectivity index (χ1n) is 7.98. The molecule has 3 aromatic rings. The van der Waals surface area contributed by atoms with Crippen LogP contribution in [0, 0.1) is 0 Å². The number of benzene rings is 3. The molecule has 6 nitrogen and oxygen atoms in total. The van der Waals surface area contributed by atoms with Gasteiger partial charge < -0.3 is 10.4 Å². The van der Waals surface area contributed by atoms with Crippen LogP contribution in [0.3, 0.4) is 0 Å². The summed E-state index contributed by atoms with van der Waals surface area (Å²) in [6, 6.07) is 19.1. The topological polar surface area (TPSA) is 95.5 Å². The van der Waals surface area contributed by atoms with Gasteiger partial charge in [-0.15, -0.1) is 0 Å². The molecule has 0 saturated carbocycles. The van der Waals surface area contributed by atoms with E-state index in [1.165, 1.54) is 12.1 Å². The van der Waals surface area contributed by atoms with Crippen LogP contribution >= 0.6 is 0 Å². The molecule has 0 unspecified atom stereocenters. The molecule has 0 aliphatic heterocycles. The summed E-state index contributed by atoms with van der Waals surface area (Å²) in [6.45, 7) is 0.296. The van der Waals surface area contributed by atoms with E-state index in [0.717, 1.165) is 16.3 Å². The number of anilines is 1. The summed E-state index contributed by atoms with van der Waals surface area (Å²) in [5.74, 6) is -0.914. The average molecular weight is 370 g/mol. The Hall–Kier alpha value is -2.90. The van der Waals surface area contributed by atoms with E-state index in [-0.39, 0.29) is 11.4 Å². The van der Waals surface area contributed by atoms with Crippen molar-refractivity contribution in [2.24, 2.45) is 0 Å². The van der Waals surface area contributed by atoms with Gasteiger partial charge in [0.15, 0.2) is 0 Å². The van der Waals surface area contributed by atoms with Gasteiger partial charge in [0.25, 0.3) is 10.0 Å². The molecule has 26 heavy (non-hydrogen) atoms. The maximum Gasteiger partial charge on any atom is 0.317 e. The highest BCUT2D eigenvalue weighted by atomic mass is 32.2. The lowest BCUT2D eigenvalue weighted by Gasteiger charge is -2.11. The standard InChI is InChI=1S/C19H18N2O4S/c22-19(23)13-20-12-15-6-4-5-14-11-16(9-10-18(14)15)21-26(24,25)17-7-2-1-3-8-17/h1-11,20-21H,12-13H2,(H,22,23). The molecule has 0 fully saturated rings. The third-order valence-electron chi connectivity index (χ3n) is 3.87. The number of carboxylic acids is 1. The Morgan fingerprint density at radius 3 is 2.46 bits per heavy atom. The maximum atomic E-state index is 12.4. The van der Waals surface area contributed by atoms with E-state index in [9.17, 15) is 13.2 Å². The van der Waals surface area contributed by atoms with E-state index in [4.69, 9.17) is 5.11 Å². The lowest BCUT2D eigenvalue weighted by Crippen LogP contribution is -2.21. The SMILES string of the molecule is O=C(O)CNCc1cccc2cc(NS(=O)(=O)c3ccccc3)ccc12. The first-order valence-corrected chi connectivity index (χ1v) is 9.46. The van der Waals surface area contributed by atoms with Crippen molar-refractivity contribution in [3.8, 4) is 0 Å². The summed E-state index contributed by atoms with van der Waals surface area (Å²) in [6.07, 6.45) is 0. The summed E-state index contributed by atoms with van der Waals surface area (Å²) in [5.41, 5.74) is 1.42. The van der Waals surface area contributed by atoms with Crippen molar-refractivity contribution in [1.29, 1.82) is 0 Å².